The Balaban J connectivity index is 1.71. The molecule has 1 aliphatic heterocycles. The van der Waals surface area contributed by atoms with Crippen LogP contribution in [0.3, 0.4) is 0 Å². The Morgan fingerprint density at radius 2 is 1.89 bits per heavy atom. The van der Waals surface area contributed by atoms with Crippen molar-refractivity contribution in [2.24, 2.45) is 0 Å². The monoisotopic (exact) mass is 269 g/mol. The van der Waals surface area contributed by atoms with E-state index in [0.717, 1.165) is 6.54 Å². The number of hydrogen-bond acceptors (Lipinski definition) is 4. The molecule has 2 unspecified atom stereocenters. The van der Waals surface area contributed by atoms with Crippen LogP contribution in [-0.4, -0.2) is 56.4 Å². The molecular weight excluding hydrogens is 242 g/mol. The van der Waals surface area contributed by atoms with Gasteiger partial charge in [-0.2, -0.15) is 0 Å². The summed E-state index contributed by atoms with van der Waals surface area (Å²) >= 11 is 0. The van der Waals surface area contributed by atoms with Gasteiger partial charge >= 0.3 is 6.09 Å². The molecule has 0 bridgehead atoms. The minimum absolute atomic E-state index is 0.346. The van der Waals surface area contributed by atoms with E-state index in [9.17, 15) is 4.79 Å². The van der Waals surface area contributed by atoms with Crippen LogP contribution < -0.4 is 10.6 Å². The van der Waals surface area contributed by atoms with E-state index in [1.807, 2.05) is 0 Å². The van der Waals surface area contributed by atoms with Crippen LogP contribution in [-0.2, 0) is 4.74 Å². The van der Waals surface area contributed by atoms with Gasteiger partial charge in [0.2, 0.25) is 0 Å². The molecule has 1 aliphatic carbocycles. The zero-order chi connectivity index (χ0) is 13.5. The quantitative estimate of drug-likeness (QED) is 0.740. The smallest absolute Gasteiger partial charge is 0.406 e. The van der Waals surface area contributed by atoms with Gasteiger partial charge in [0.1, 0.15) is 0 Å². The van der Waals surface area contributed by atoms with Gasteiger partial charge in [0, 0.05) is 25.2 Å². The summed E-state index contributed by atoms with van der Waals surface area (Å²) in [6.07, 6.45) is 7.63. The Kier molecular flexibility index (Phi) is 5.92. The maximum Gasteiger partial charge on any atom is 0.406 e. The van der Waals surface area contributed by atoms with Crippen molar-refractivity contribution in [3.63, 3.8) is 0 Å². The number of likely N-dealkylation sites (tertiary alicyclic amines) is 1. The van der Waals surface area contributed by atoms with Gasteiger partial charge in [-0.05, 0) is 38.8 Å². The highest BCUT2D eigenvalue weighted by Gasteiger charge is 2.30. The first kappa shape index (κ1) is 14.6. The first-order valence-electron chi connectivity index (χ1n) is 7.60. The van der Waals surface area contributed by atoms with Gasteiger partial charge in [-0.1, -0.05) is 12.8 Å². The Bertz CT molecular complexity index is 280. The van der Waals surface area contributed by atoms with Crippen molar-refractivity contribution < 1.29 is 9.53 Å². The first-order chi connectivity index (χ1) is 9.31. The second-order valence-electron chi connectivity index (χ2n) is 5.57. The topological polar surface area (TPSA) is 53.6 Å². The maximum atomic E-state index is 11.0. The lowest BCUT2D eigenvalue weighted by Gasteiger charge is -2.38. The normalized spacial score (nSPS) is 28.3. The molecule has 2 fully saturated rings. The van der Waals surface area contributed by atoms with Crippen molar-refractivity contribution in [1.82, 2.24) is 15.5 Å². The number of methoxy groups -OCH3 is 1. The number of rotatable bonds is 5. The predicted octanol–water partition coefficient (Wildman–Crippen LogP) is 1.34. The van der Waals surface area contributed by atoms with E-state index in [1.54, 1.807) is 0 Å². The summed E-state index contributed by atoms with van der Waals surface area (Å²) in [5.74, 6) is 0. The summed E-state index contributed by atoms with van der Waals surface area (Å²) < 4.78 is 4.56. The molecule has 1 saturated carbocycles. The molecule has 5 heteroatoms. The number of carbonyl (C=O) groups is 1. The first-order valence-corrected chi connectivity index (χ1v) is 7.60. The molecule has 1 heterocycles. The summed E-state index contributed by atoms with van der Waals surface area (Å²) in [5.41, 5.74) is 0. The van der Waals surface area contributed by atoms with Gasteiger partial charge in [0.25, 0.3) is 0 Å². The van der Waals surface area contributed by atoms with E-state index in [-0.39, 0.29) is 6.09 Å². The van der Waals surface area contributed by atoms with Crippen LogP contribution in [0.15, 0.2) is 0 Å². The fraction of sp³-hybridized carbons (Fsp3) is 0.929. The highest BCUT2D eigenvalue weighted by molar-refractivity contribution is 5.66. The second-order valence-corrected chi connectivity index (χ2v) is 5.57. The van der Waals surface area contributed by atoms with E-state index < -0.39 is 0 Å². The molecule has 2 atom stereocenters. The SMILES string of the molecule is COC(=O)NCCNC1CCCCC1N1CCCC1. The fourth-order valence-corrected chi connectivity index (χ4v) is 3.35. The van der Waals surface area contributed by atoms with E-state index in [4.69, 9.17) is 0 Å². The number of carbonyl (C=O) groups excluding carboxylic acids is 1. The Morgan fingerprint density at radius 1 is 1.16 bits per heavy atom. The van der Waals surface area contributed by atoms with Crippen LogP contribution in [0, 0.1) is 0 Å². The predicted molar refractivity (Wildman–Crippen MR) is 75.3 cm³/mol. The summed E-state index contributed by atoms with van der Waals surface area (Å²) in [4.78, 5) is 13.6. The van der Waals surface area contributed by atoms with Crippen LogP contribution >= 0.6 is 0 Å². The average Bonchev–Trinajstić information content (AvgIpc) is 2.97. The molecule has 19 heavy (non-hydrogen) atoms. The summed E-state index contributed by atoms with van der Waals surface area (Å²) in [6, 6.07) is 1.29. The summed E-state index contributed by atoms with van der Waals surface area (Å²) in [7, 11) is 1.40. The van der Waals surface area contributed by atoms with Gasteiger partial charge in [0.15, 0.2) is 0 Å². The Morgan fingerprint density at radius 3 is 2.63 bits per heavy atom. The minimum Gasteiger partial charge on any atom is -0.453 e. The number of alkyl carbamates (subject to hydrolysis) is 1. The highest BCUT2D eigenvalue weighted by Crippen LogP contribution is 2.26. The fourth-order valence-electron chi connectivity index (χ4n) is 3.35. The van der Waals surface area contributed by atoms with E-state index in [1.165, 1.54) is 58.7 Å². The second kappa shape index (κ2) is 7.70. The molecule has 110 valence electrons. The number of ether oxygens (including phenoxy) is 1. The third kappa shape index (κ3) is 4.35. The van der Waals surface area contributed by atoms with Crippen molar-refractivity contribution in [2.75, 3.05) is 33.3 Å². The molecule has 2 rings (SSSR count). The third-order valence-corrected chi connectivity index (χ3v) is 4.33. The average molecular weight is 269 g/mol. The minimum atomic E-state index is -0.346. The van der Waals surface area contributed by atoms with Crippen LogP contribution in [0.1, 0.15) is 38.5 Å². The van der Waals surface area contributed by atoms with E-state index in [0.29, 0.717) is 18.6 Å². The number of hydrogen-bond donors (Lipinski definition) is 2. The molecule has 5 nitrogen and oxygen atoms in total. The number of amides is 1. The highest BCUT2D eigenvalue weighted by atomic mass is 16.5. The molecule has 0 aromatic rings. The van der Waals surface area contributed by atoms with Gasteiger partial charge < -0.3 is 15.4 Å². The molecular formula is C14H27N3O2. The Labute approximate surface area is 116 Å². The van der Waals surface area contributed by atoms with Crippen LogP contribution in [0.5, 0.6) is 0 Å². The lowest BCUT2D eigenvalue weighted by atomic mass is 9.89. The lowest BCUT2D eigenvalue weighted by Crippen LogP contribution is -2.52. The van der Waals surface area contributed by atoms with Crippen molar-refractivity contribution in [2.45, 2.75) is 50.6 Å². The molecule has 1 amide bonds. The summed E-state index contributed by atoms with van der Waals surface area (Å²) in [5, 5.41) is 6.34. The molecule has 2 aliphatic rings. The van der Waals surface area contributed by atoms with Crippen LogP contribution in [0.25, 0.3) is 0 Å². The van der Waals surface area contributed by atoms with Crippen molar-refractivity contribution in [3.05, 3.63) is 0 Å². The van der Waals surface area contributed by atoms with E-state index in [2.05, 4.69) is 20.3 Å². The number of nitrogens with zero attached hydrogens (tertiary/aromatic N) is 1. The van der Waals surface area contributed by atoms with Crippen molar-refractivity contribution in [3.8, 4) is 0 Å². The lowest BCUT2D eigenvalue weighted by molar-refractivity contribution is 0.147. The van der Waals surface area contributed by atoms with Gasteiger partial charge in [-0.3, -0.25) is 4.90 Å². The standard InChI is InChI=1S/C14H27N3O2/c1-19-14(18)16-9-8-15-12-6-2-3-7-13(12)17-10-4-5-11-17/h12-13,15H,2-11H2,1H3,(H,16,18). The zero-order valence-electron chi connectivity index (χ0n) is 12.0. The number of nitrogens with one attached hydrogen (secondary N) is 2. The molecule has 1 saturated heterocycles. The van der Waals surface area contributed by atoms with Gasteiger partial charge in [0.05, 0.1) is 7.11 Å². The third-order valence-electron chi connectivity index (χ3n) is 4.33. The molecule has 0 aromatic carbocycles. The molecule has 0 spiro atoms. The largest absolute Gasteiger partial charge is 0.453 e. The molecule has 0 radical (unpaired) electrons. The van der Waals surface area contributed by atoms with Crippen LogP contribution in [0.4, 0.5) is 4.79 Å². The molecule has 0 aromatic heterocycles. The van der Waals surface area contributed by atoms with Gasteiger partial charge in [-0.15, -0.1) is 0 Å². The van der Waals surface area contributed by atoms with Crippen LogP contribution in [0.2, 0.25) is 0 Å². The summed E-state index contributed by atoms with van der Waals surface area (Å²) in [6.45, 7) is 3.99. The molecule has 2 N–H and O–H groups in total. The van der Waals surface area contributed by atoms with Crippen molar-refractivity contribution in [1.29, 1.82) is 0 Å². The maximum absolute atomic E-state index is 11.0. The van der Waals surface area contributed by atoms with Crippen molar-refractivity contribution >= 4 is 6.09 Å². The Hall–Kier alpha value is -0.810. The zero-order valence-corrected chi connectivity index (χ0v) is 12.0. The van der Waals surface area contributed by atoms with Gasteiger partial charge in [-0.25, -0.2) is 4.79 Å². The van der Waals surface area contributed by atoms with E-state index >= 15 is 0 Å².